The van der Waals surface area contributed by atoms with Gasteiger partial charge < -0.3 is 10.4 Å². The van der Waals surface area contributed by atoms with Crippen molar-refractivity contribution in [2.24, 2.45) is 0 Å². The van der Waals surface area contributed by atoms with E-state index < -0.39 is 0 Å². The molecule has 0 saturated heterocycles. The molecule has 0 fully saturated rings. The minimum Gasteiger partial charge on any atom is -0.508 e. The van der Waals surface area contributed by atoms with Gasteiger partial charge in [-0.05, 0) is 37.6 Å². The molecule has 2 nitrogen and oxygen atoms in total. The Balaban J connectivity index is 2.21. The fourth-order valence-corrected chi connectivity index (χ4v) is 1.37. The predicted molar refractivity (Wildman–Crippen MR) is 59.6 cm³/mol. The Morgan fingerprint density at radius 3 is 2.71 bits per heavy atom. The van der Waals surface area contributed by atoms with Gasteiger partial charge in [0.2, 0.25) is 0 Å². The number of unbranched alkanes of at least 4 members (excludes halogenated alkanes) is 1. The first kappa shape index (κ1) is 11.1. The van der Waals surface area contributed by atoms with Crippen LogP contribution < -0.4 is 5.32 Å². The van der Waals surface area contributed by atoms with Gasteiger partial charge in [-0.3, -0.25) is 0 Å². The van der Waals surface area contributed by atoms with Crippen molar-refractivity contribution in [2.75, 3.05) is 13.1 Å². The van der Waals surface area contributed by atoms with Crippen molar-refractivity contribution in [3.8, 4) is 5.75 Å². The lowest BCUT2D eigenvalue weighted by Gasteiger charge is -2.05. The average molecular weight is 193 g/mol. The van der Waals surface area contributed by atoms with Crippen LogP contribution in [-0.4, -0.2) is 18.2 Å². The van der Waals surface area contributed by atoms with Gasteiger partial charge in [0.05, 0.1) is 0 Å². The number of phenolic OH excluding ortho intramolecular Hbond substituents is 1. The number of nitrogens with one attached hydrogen (secondary N) is 1. The summed E-state index contributed by atoms with van der Waals surface area (Å²) in [5, 5.41) is 12.8. The number of benzene rings is 1. The van der Waals surface area contributed by atoms with E-state index in [1.165, 1.54) is 12.8 Å². The van der Waals surface area contributed by atoms with Crippen LogP contribution in [0, 0.1) is 0 Å². The average Bonchev–Trinajstić information content (AvgIpc) is 2.20. The topological polar surface area (TPSA) is 32.3 Å². The van der Waals surface area contributed by atoms with Crippen LogP contribution in [-0.2, 0) is 6.42 Å². The first-order chi connectivity index (χ1) is 6.84. The minimum absolute atomic E-state index is 0.407. The lowest BCUT2D eigenvalue weighted by Crippen LogP contribution is -2.18. The predicted octanol–water partition coefficient (Wildman–Crippen LogP) is 2.32. The Labute approximate surface area is 86.0 Å². The van der Waals surface area contributed by atoms with Crippen molar-refractivity contribution in [3.05, 3.63) is 29.8 Å². The smallest absolute Gasteiger partial charge is 0.118 e. The molecule has 0 unspecified atom stereocenters. The lowest BCUT2D eigenvalue weighted by molar-refractivity contribution is 0.466. The summed E-state index contributed by atoms with van der Waals surface area (Å²) in [4.78, 5) is 0. The third-order valence-electron chi connectivity index (χ3n) is 2.27. The van der Waals surface area contributed by atoms with Crippen molar-refractivity contribution in [2.45, 2.75) is 26.2 Å². The highest BCUT2D eigenvalue weighted by molar-refractivity contribution is 5.31. The number of hydrogen-bond acceptors (Lipinski definition) is 2. The molecule has 0 saturated carbocycles. The number of phenols is 1. The first-order valence-electron chi connectivity index (χ1n) is 5.32. The summed E-state index contributed by atoms with van der Waals surface area (Å²) < 4.78 is 0. The molecule has 2 N–H and O–H groups in total. The number of rotatable bonds is 6. The molecule has 0 aliphatic carbocycles. The van der Waals surface area contributed by atoms with E-state index in [0.29, 0.717) is 5.75 Å². The molecule has 0 spiro atoms. The highest BCUT2D eigenvalue weighted by Gasteiger charge is 1.97. The molecule has 0 radical (unpaired) electrons. The second-order valence-electron chi connectivity index (χ2n) is 3.48. The molecule has 1 rings (SSSR count). The summed E-state index contributed by atoms with van der Waals surface area (Å²) in [6, 6.07) is 7.52. The fourth-order valence-electron chi connectivity index (χ4n) is 1.37. The Kier molecular flexibility index (Phi) is 5.08. The molecule has 0 aliphatic rings. The second kappa shape index (κ2) is 6.44. The van der Waals surface area contributed by atoms with Gasteiger partial charge in [-0.15, -0.1) is 0 Å². The Morgan fingerprint density at radius 2 is 2.00 bits per heavy atom. The molecule has 0 heterocycles. The molecule has 1 aromatic rings. The van der Waals surface area contributed by atoms with Crippen molar-refractivity contribution < 1.29 is 5.11 Å². The van der Waals surface area contributed by atoms with E-state index in [-0.39, 0.29) is 0 Å². The number of aromatic hydroxyl groups is 1. The largest absolute Gasteiger partial charge is 0.508 e. The van der Waals surface area contributed by atoms with Gasteiger partial charge in [0.1, 0.15) is 5.75 Å². The quantitative estimate of drug-likeness (QED) is 0.680. The van der Waals surface area contributed by atoms with Gasteiger partial charge in [0, 0.05) is 0 Å². The van der Waals surface area contributed by atoms with Gasteiger partial charge in [-0.25, -0.2) is 0 Å². The first-order valence-corrected chi connectivity index (χ1v) is 5.32. The highest BCUT2D eigenvalue weighted by atomic mass is 16.3. The van der Waals surface area contributed by atoms with Crippen LogP contribution in [0.1, 0.15) is 25.3 Å². The van der Waals surface area contributed by atoms with Crippen LogP contribution in [0.3, 0.4) is 0 Å². The number of para-hydroxylation sites is 1. The highest BCUT2D eigenvalue weighted by Crippen LogP contribution is 2.15. The monoisotopic (exact) mass is 193 g/mol. The zero-order valence-corrected chi connectivity index (χ0v) is 8.79. The molecule has 0 bridgehead atoms. The van der Waals surface area contributed by atoms with E-state index in [4.69, 9.17) is 0 Å². The van der Waals surface area contributed by atoms with Crippen molar-refractivity contribution in [1.29, 1.82) is 0 Å². The van der Waals surface area contributed by atoms with E-state index in [0.717, 1.165) is 25.1 Å². The van der Waals surface area contributed by atoms with Gasteiger partial charge in [-0.1, -0.05) is 31.5 Å². The van der Waals surface area contributed by atoms with Gasteiger partial charge in [-0.2, -0.15) is 0 Å². The zero-order valence-electron chi connectivity index (χ0n) is 8.79. The molecular weight excluding hydrogens is 174 g/mol. The Bertz CT molecular complexity index is 260. The zero-order chi connectivity index (χ0) is 10.2. The van der Waals surface area contributed by atoms with E-state index >= 15 is 0 Å². The maximum Gasteiger partial charge on any atom is 0.118 e. The molecule has 1 aromatic carbocycles. The number of hydrogen-bond donors (Lipinski definition) is 2. The minimum atomic E-state index is 0.407. The van der Waals surface area contributed by atoms with Crippen LogP contribution in [0.4, 0.5) is 0 Å². The third kappa shape index (κ3) is 3.79. The van der Waals surface area contributed by atoms with E-state index in [1.807, 2.05) is 18.2 Å². The van der Waals surface area contributed by atoms with Crippen LogP contribution in [0.25, 0.3) is 0 Å². The molecule has 78 valence electrons. The molecule has 0 atom stereocenters. The van der Waals surface area contributed by atoms with Gasteiger partial charge in [0.25, 0.3) is 0 Å². The molecular formula is C12H19NO. The van der Waals surface area contributed by atoms with Crippen molar-refractivity contribution >= 4 is 0 Å². The lowest BCUT2D eigenvalue weighted by atomic mass is 10.1. The maximum atomic E-state index is 9.49. The Morgan fingerprint density at radius 1 is 1.21 bits per heavy atom. The summed E-state index contributed by atoms with van der Waals surface area (Å²) in [5.41, 5.74) is 1.02. The van der Waals surface area contributed by atoms with Gasteiger partial charge >= 0.3 is 0 Å². The van der Waals surface area contributed by atoms with Crippen LogP contribution in [0.15, 0.2) is 24.3 Å². The Hall–Kier alpha value is -1.02. The van der Waals surface area contributed by atoms with Crippen molar-refractivity contribution in [3.63, 3.8) is 0 Å². The van der Waals surface area contributed by atoms with Crippen molar-refractivity contribution in [1.82, 2.24) is 5.32 Å². The van der Waals surface area contributed by atoms with E-state index in [1.54, 1.807) is 6.07 Å². The summed E-state index contributed by atoms with van der Waals surface area (Å²) in [6.45, 7) is 4.20. The molecule has 2 heteroatoms. The summed E-state index contributed by atoms with van der Waals surface area (Å²) in [7, 11) is 0. The van der Waals surface area contributed by atoms with Crippen LogP contribution >= 0.6 is 0 Å². The van der Waals surface area contributed by atoms with Crippen LogP contribution in [0.5, 0.6) is 5.75 Å². The second-order valence-corrected chi connectivity index (χ2v) is 3.48. The molecule has 0 aromatic heterocycles. The summed E-state index contributed by atoms with van der Waals surface area (Å²) in [6.07, 6.45) is 3.35. The maximum absolute atomic E-state index is 9.49. The van der Waals surface area contributed by atoms with E-state index in [2.05, 4.69) is 12.2 Å². The molecule has 0 amide bonds. The summed E-state index contributed by atoms with van der Waals surface area (Å²) >= 11 is 0. The molecule has 0 aliphatic heterocycles. The van der Waals surface area contributed by atoms with Gasteiger partial charge in [0.15, 0.2) is 0 Å². The fraction of sp³-hybridized carbons (Fsp3) is 0.500. The SMILES string of the molecule is CCCCNCCc1ccccc1O. The van der Waals surface area contributed by atoms with E-state index in [9.17, 15) is 5.11 Å². The summed E-state index contributed by atoms with van der Waals surface area (Å²) in [5.74, 6) is 0.407. The van der Waals surface area contributed by atoms with Crippen LogP contribution in [0.2, 0.25) is 0 Å². The normalized spacial score (nSPS) is 10.4. The molecule has 14 heavy (non-hydrogen) atoms. The standard InChI is InChI=1S/C12H19NO/c1-2-3-9-13-10-8-11-6-4-5-7-12(11)14/h4-7,13-14H,2-3,8-10H2,1H3. The third-order valence-corrected chi connectivity index (χ3v) is 2.27.